The predicted molar refractivity (Wildman–Crippen MR) is 80.1 cm³/mol. The number of carbonyl (C=O) groups is 1. The molecule has 1 aromatic heterocycles. The van der Waals surface area contributed by atoms with Gasteiger partial charge < -0.3 is 15.1 Å². The molecule has 4 heteroatoms. The molecule has 0 fully saturated rings. The van der Waals surface area contributed by atoms with Crippen molar-refractivity contribution in [1.82, 2.24) is 5.32 Å². The summed E-state index contributed by atoms with van der Waals surface area (Å²) >= 11 is 0. The van der Waals surface area contributed by atoms with Gasteiger partial charge in [-0.05, 0) is 45.5 Å². The van der Waals surface area contributed by atoms with Gasteiger partial charge in [-0.25, -0.2) is 0 Å². The second kappa shape index (κ2) is 5.92. The van der Waals surface area contributed by atoms with Crippen LogP contribution in [0, 0.1) is 13.8 Å². The first-order valence-electron chi connectivity index (χ1n) is 6.67. The molecule has 20 heavy (non-hydrogen) atoms. The van der Waals surface area contributed by atoms with Crippen molar-refractivity contribution in [1.29, 1.82) is 0 Å². The molecule has 0 saturated heterocycles. The summed E-state index contributed by atoms with van der Waals surface area (Å²) in [6, 6.07) is 9.71. The van der Waals surface area contributed by atoms with Crippen LogP contribution in [0.1, 0.15) is 40.4 Å². The number of aryl methyl sites for hydroxylation is 2. The third kappa shape index (κ3) is 2.91. The van der Waals surface area contributed by atoms with Crippen molar-refractivity contribution in [2.75, 3.05) is 12.4 Å². The molecular weight excluding hydrogens is 252 g/mol. The first kappa shape index (κ1) is 14.3. The van der Waals surface area contributed by atoms with Gasteiger partial charge in [-0.1, -0.05) is 18.2 Å². The van der Waals surface area contributed by atoms with E-state index in [0.717, 1.165) is 17.0 Å². The highest BCUT2D eigenvalue weighted by molar-refractivity contribution is 6.05. The quantitative estimate of drug-likeness (QED) is 0.896. The van der Waals surface area contributed by atoms with E-state index in [1.54, 1.807) is 13.0 Å². The van der Waals surface area contributed by atoms with E-state index in [4.69, 9.17) is 4.42 Å². The Kier molecular flexibility index (Phi) is 4.25. The maximum absolute atomic E-state index is 12.3. The summed E-state index contributed by atoms with van der Waals surface area (Å²) in [4.78, 5) is 12.3. The Balaban J connectivity index is 2.26. The highest BCUT2D eigenvalue weighted by atomic mass is 16.3. The van der Waals surface area contributed by atoms with E-state index in [1.807, 2.05) is 38.2 Å². The lowest BCUT2D eigenvalue weighted by Crippen LogP contribution is -2.18. The molecule has 2 aromatic rings. The second-order valence-corrected chi connectivity index (χ2v) is 4.88. The molecule has 0 aliphatic carbocycles. The summed E-state index contributed by atoms with van der Waals surface area (Å²) in [5.41, 5.74) is 2.45. The molecule has 0 spiro atoms. The van der Waals surface area contributed by atoms with Gasteiger partial charge in [0.2, 0.25) is 0 Å². The Morgan fingerprint density at radius 2 is 1.95 bits per heavy atom. The maximum atomic E-state index is 12.3. The lowest BCUT2D eigenvalue weighted by molar-refractivity contribution is 0.102. The second-order valence-electron chi connectivity index (χ2n) is 4.88. The van der Waals surface area contributed by atoms with Crippen LogP contribution in [0.2, 0.25) is 0 Å². The van der Waals surface area contributed by atoms with Crippen LogP contribution in [0.4, 0.5) is 5.69 Å². The first-order valence-corrected chi connectivity index (χ1v) is 6.67. The standard InChI is InChI=1S/C16H20N2O2/c1-10-9-14(12(3)20-10)16(19)18-15-8-6-5-7-13(15)11(2)17-4/h5-9,11,17H,1-4H3,(H,18,19). The maximum Gasteiger partial charge on any atom is 0.259 e. The number of amides is 1. The Hall–Kier alpha value is -2.07. The molecule has 0 saturated carbocycles. The largest absolute Gasteiger partial charge is 0.466 e. The number of hydrogen-bond donors (Lipinski definition) is 2. The van der Waals surface area contributed by atoms with Gasteiger partial charge in [-0.2, -0.15) is 0 Å². The molecule has 4 nitrogen and oxygen atoms in total. The van der Waals surface area contributed by atoms with Crippen molar-refractivity contribution in [3.05, 3.63) is 53.0 Å². The van der Waals surface area contributed by atoms with Gasteiger partial charge in [0.15, 0.2) is 0 Å². The van der Waals surface area contributed by atoms with Crippen LogP contribution in [0.25, 0.3) is 0 Å². The SMILES string of the molecule is CNC(C)c1ccccc1NC(=O)c1cc(C)oc1C. The minimum Gasteiger partial charge on any atom is -0.466 e. The normalized spacial score (nSPS) is 12.2. The van der Waals surface area contributed by atoms with E-state index in [-0.39, 0.29) is 11.9 Å². The van der Waals surface area contributed by atoms with Crippen molar-refractivity contribution in [2.45, 2.75) is 26.8 Å². The molecule has 0 radical (unpaired) electrons. The van der Waals surface area contributed by atoms with Crippen molar-refractivity contribution < 1.29 is 9.21 Å². The van der Waals surface area contributed by atoms with E-state index in [2.05, 4.69) is 17.6 Å². The molecule has 106 valence electrons. The molecule has 0 aliphatic rings. The molecule has 1 atom stereocenters. The number of nitrogens with one attached hydrogen (secondary N) is 2. The van der Waals surface area contributed by atoms with Crippen molar-refractivity contribution in [3.63, 3.8) is 0 Å². The highest BCUT2D eigenvalue weighted by Crippen LogP contribution is 2.23. The Labute approximate surface area is 119 Å². The third-order valence-corrected chi connectivity index (χ3v) is 3.39. The van der Waals surface area contributed by atoms with Crippen LogP contribution < -0.4 is 10.6 Å². The summed E-state index contributed by atoms with van der Waals surface area (Å²) in [6.07, 6.45) is 0. The molecule has 0 bridgehead atoms. The van der Waals surface area contributed by atoms with Gasteiger partial charge in [0, 0.05) is 11.7 Å². The molecule has 1 amide bonds. The molecule has 2 rings (SSSR count). The van der Waals surface area contributed by atoms with Gasteiger partial charge in [0.25, 0.3) is 5.91 Å². The molecule has 1 heterocycles. The Morgan fingerprint density at radius 3 is 2.55 bits per heavy atom. The number of carbonyl (C=O) groups excluding carboxylic acids is 1. The van der Waals surface area contributed by atoms with Gasteiger partial charge in [0.1, 0.15) is 11.5 Å². The molecule has 1 unspecified atom stereocenters. The topological polar surface area (TPSA) is 54.3 Å². The Morgan fingerprint density at radius 1 is 1.25 bits per heavy atom. The fraction of sp³-hybridized carbons (Fsp3) is 0.312. The number of rotatable bonds is 4. The summed E-state index contributed by atoms with van der Waals surface area (Å²) < 4.78 is 5.40. The van der Waals surface area contributed by atoms with Crippen molar-refractivity contribution >= 4 is 11.6 Å². The van der Waals surface area contributed by atoms with E-state index in [0.29, 0.717) is 11.3 Å². The highest BCUT2D eigenvalue weighted by Gasteiger charge is 2.16. The molecule has 0 aliphatic heterocycles. The zero-order valence-electron chi connectivity index (χ0n) is 12.3. The number of anilines is 1. The van der Waals surface area contributed by atoms with Crippen LogP contribution in [-0.4, -0.2) is 13.0 Å². The van der Waals surface area contributed by atoms with Gasteiger partial charge >= 0.3 is 0 Å². The Bertz CT molecular complexity index is 617. The average Bonchev–Trinajstić information content (AvgIpc) is 2.77. The monoisotopic (exact) mass is 272 g/mol. The zero-order valence-corrected chi connectivity index (χ0v) is 12.3. The van der Waals surface area contributed by atoms with E-state index < -0.39 is 0 Å². The summed E-state index contributed by atoms with van der Waals surface area (Å²) in [6.45, 7) is 5.68. The van der Waals surface area contributed by atoms with E-state index >= 15 is 0 Å². The lowest BCUT2D eigenvalue weighted by atomic mass is 10.1. The fourth-order valence-electron chi connectivity index (χ4n) is 2.19. The summed E-state index contributed by atoms with van der Waals surface area (Å²) in [5, 5.41) is 6.14. The molecule has 2 N–H and O–H groups in total. The summed E-state index contributed by atoms with van der Waals surface area (Å²) in [5.74, 6) is 1.23. The number of hydrogen-bond acceptors (Lipinski definition) is 3. The first-order chi connectivity index (χ1) is 9.52. The van der Waals surface area contributed by atoms with E-state index in [9.17, 15) is 4.79 Å². The number of furan rings is 1. The average molecular weight is 272 g/mol. The number of para-hydroxylation sites is 1. The van der Waals surface area contributed by atoms with Crippen LogP contribution in [0.3, 0.4) is 0 Å². The smallest absolute Gasteiger partial charge is 0.259 e. The molecule has 1 aromatic carbocycles. The van der Waals surface area contributed by atoms with Crippen molar-refractivity contribution in [2.24, 2.45) is 0 Å². The van der Waals surface area contributed by atoms with E-state index in [1.165, 1.54) is 0 Å². The minimum absolute atomic E-state index is 0.143. The number of benzene rings is 1. The van der Waals surface area contributed by atoms with Gasteiger partial charge in [-0.15, -0.1) is 0 Å². The van der Waals surface area contributed by atoms with Crippen molar-refractivity contribution in [3.8, 4) is 0 Å². The van der Waals surface area contributed by atoms with Gasteiger partial charge in [0.05, 0.1) is 5.56 Å². The van der Waals surface area contributed by atoms with Crippen LogP contribution >= 0.6 is 0 Å². The lowest BCUT2D eigenvalue weighted by Gasteiger charge is -2.16. The van der Waals surface area contributed by atoms with Crippen LogP contribution in [0.5, 0.6) is 0 Å². The third-order valence-electron chi connectivity index (χ3n) is 3.39. The predicted octanol–water partition coefficient (Wildman–Crippen LogP) is 3.43. The summed E-state index contributed by atoms with van der Waals surface area (Å²) in [7, 11) is 1.90. The van der Waals surface area contributed by atoms with Crippen LogP contribution in [-0.2, 0) is 0 Å². The fourth-order valence-corrected chi connectivity index (χ4v) is 2.19. The van der Waals surface area contributed by atoms with Gasteiger partial charge in [-0.3, -0.25) is 4.79 Å². The molecular formula is C16H20N2O2. The minimum atomic E-state index is -0.143. The zero-order chi connectivity index (χ0) is 14.7. The van der Waals surface area contributed by atoms with Crippen LogP contribution in [0.15, 0.2) is 34.7 Å².